The van der Waals surface area contributed by atoms with Crippen molar-refractivity contribution in [1.82, 2.24) is 0 Å². The molecule has 0 bridgehead atoms. The highest BCUT2D eigenvalue weighted by Gasteiger charge is 2.14. The number of rotatable bonds is 13. The van der Waals surface area contributed by atoms with Crippen molar-refractivity contribution in [3.8, 4) is 21.6 Å². The van der Waals surface area contributed by atoms with Gasteiger partial charge in [0.2, 0.25) is 0 Å². The molecule has 0 fully saturated rings. The third-order valence-electron chi connectivity index (χ3n) is 7.79. The maximum Gasteiger partial charge on any atom is 0.269 e. The van der Waals surface area contributed by atoms with E-state index in [0.29, 0.717) is 0 Å². The van der Waals surface area contributed by atoms with Gasteiger partial charge in [0, 0.05) is 62.7 Å². The molecule has 0 saturated carbocycles. The number of unbranched alkanes of at least 4 members (excludes halogenated alkanes) is 4. The number of fused-ring (bicyclic) bond motifs is 1. The summed E-state index contributed by atoms with van der Waals surface area (Å²) in [5.41, 5.74) is 8.21. The SMILES string of the molecule is Cc1cccc(-c2cc(-c3cc4sc(/C=C/c5ccc([N+](=O)[O-])cc5C)cc4s3)ccc2N(C)CCCCCCCO)c1. The number of aryl methyl sites for hydroxylation is 2. The fourth-order valence-corrected chi connectivity index (χ4v) is 7.69. The van der Waals surface area contributed by atoms with E-state index in [9.17, 15) is 10.1 Å². The lowest BCUT2D eigenvalue weighted by Gasteiger charge is -2.23. The van der Waals surface area contributed by atoms with Crippen LogP contribution in [0.1, 0.15) is 53.7 Å². The van der Waals surface area contributed by atoms with Crippen LogP contribution in [0.15, 0.2) is 72.8 Å². The van der Waals surface area contributed by atoms with Crippen LogP contribution in [0.3, 0.4) is 0 Å². The average molecular weight is 611 g/mol. The Kier molecular flexibility index (Phi) is 10.1. The van der Waals surface area contributed by atoms with Crippen LogP contribution in [0.25, 0.3) is 43.1 Å². The maximum atomic E-state index is 11.1. The fraction of sp³-hybridized carbons (Fsp3) is 0.278. The molecule has 43 heavy (non-hydrogen) atoms. The minimum atomic E-state index is -0.356. The van der Waals surface area contributed by atoms with Crippen LogP contribution in [0.2, 0.25) is 0 Å². The molecule has 0 amide bonds. The number of hydrogen-bond donors (Lipinski definition) is 1. The molecule has 0 radical (unpaired) electrons. The molecule has 7 heteroatoms. The first-order valence-corrected chi connectivity index (χ1v) is 16.5. The molecular formula is C36H38N2O3S2. The Morgan fingerprint density at radius 2 is 1.63 bits per heavy atom. The summed E-state index contributed by atoms with van der Waals surface area (Å²) in [6.07, 6.45) is 9.61. The largest absolute Gasteiger partial charge is 0.396 e. The van der Waals surface area contributed by atoms with E-state index in [0.717, 1.165) is 36.9 Å². The molecule has 222 valence electrons. The second-order valence-electron chi connectivity index (χ2n) is 11.1. The number of nitro benzene ring substituents is 1. The van der Waals surface area contributed by atoms with Crippen LogP contribution >= 0.6 is 22.7 Å². The van der Waals surface area contributed by atoms with Crippen LogP contribution in [-0.4, -0.2) is 30.2 Å². The minimum absolute atomic E-state index is 0.120. The molecular weight excluding hydrogens is 573 g/mol. The van der Waals surface area contributed by atoms with Crippen molar-refractivity contribution in [2.75, 3.05) is 25.1 Å². The Labute approximate surface area is 261 Å². The van der Waals surface area contributed by atoms with E-state index < -0.39 is 0 Å². The predicted molar refractivity (Wildman–Crippen MR) is 186 cm³/mol. The summed E-state index contributed by atoms with van der Waals surface area (Å²) < 4.78 is 2.53. The Balaban J connectivity index is 1.37. The van der Waals surface area contributed by atoms with Crippen LogP contribution in [0.5, 0.6) is 0 Å². The highest BCUT2D eigenvalue weighted by Crippen LogP contribution is 2.42. The molecule has 0 unspecified atom stereocenters. The van der Waals surface area contributed by atoms with Gasteiger partial charge in [0.1, 0.15) is 0 Å². The molecule has 3 aromatic carbocycles. The number of thiophene rings is 2. The zero-order valence-corrected chi connectivity index (χ0v) is 26.6. The number of hydrogen-bond acceptors (Lipinski definition) is 6. The summed E-state index contributed by atoms with van der Waals surface area (Å²) in [6, 6.07) is 25.1. The number of nitrogens with zero attached hydrogens (tertiary/aromatic N) is 2. The summed E-state index contributed by atoms with van der Waals surface area (Å²) in [6.45, 7) is 5.34. The number of non-ortho nitro benzene ring substituents is 1. The molecule has 0 spiro atoms. The monoisotopic (exact) mass is 610 g/mol. The Bertz CT molecular complexity index is 1720. The first-order chi connectivity index (χ1) is 20.8. The lowest BCUT2D eigenvalue weighted by molar-refractivity contribution is -0.384. The van der Waals surface area contributed by atoms with E-state index in [2.05, 4.69) is 79.5 Å². The number of nitro groups is 1. The van der Waals surface area contributed by atoms with Gasteiger partial charge < -0.3 is 10.0 Å². The Morgan fingerprint density at radius 1 is 0.837 bits per heavy atom. The van der Waals surface area contributed by atoms with Crippen molar-refractivity contribution < 1.29 is 10.0 Å². The van der Waals surface area contributed by atoms with E-state index in [1.54, 1.807) is 23.5 Å². The molecule has 0 aliphatic rings. The van der Waals surface area contributed by atoms with Gasteiger partial charge in [-0.15, -0.1) is 22.7 Å². The van der Waals surface area contributed by atoms with Gasteiger partial charge in [-0.1, -0.05) is 61.2 Å². The molecule has 5 rings (SSSR count). The van der Waals surface area contributed by atoms with E-state index in [1.165, 1.54) is 59.9 Å². The number of aliphatic hydroxyl groups is 1. The maximum absolute atomic E-state index is 11.1. The van der Waals surface area contributed by atoms with Crippen LogP contribution < -0.4 is 4.90 Å². The quantitative estimate of drug-likeness (QED) is 0.0818. The van der Waals surface area contributed by atoms with Crippen LogP contribution in [0, 0.1) is 24.0 Å². The normalized spacial score (nSPS) is 11.5. The zero-order chi connectivity index (χ0) is 30.3. The second kappa shape index (κ2) is 14.1. The van der Waals surface area contributed by atoms with Crippen molar-refractivity contribution >= 4 is 55.6 Å². The number of benzene rings is 3. The van der Waals surface area contributed by atoms with Gasteiger partial charge in [0.15, 0.2) is 0 Å². The van der Waals surface area contributed by atoms with Crippen molar-refractivity contribution in [2.45, 2.75) is 46.0 Å². The summed E-state index contributed by atoms with van der Waals surface area (Å²) in [5, 5.41) is 20.1. The standard InChI is InChI=1S/C36H38N2O3S2/c1-25-10-9-11-28(20-25)32-22-29(14-17-33(32)37(3)18-7-5-4-6-8-19-39)34-24-36-35(43-34)23-31(42-36)16-13-27-12-15-30(38(40)41)21-26(27)2/h9-17,20-24,39H,4-8,18-19H2,1-3H3/b16-13+. The number of aliphatic hydroxyl groups excluding tert-OH is 1. The first kappa shape index (κ1) is 30.7. The van der Waals surface area contributed by atoms with E-state index >= 15 is 0 Å². The highest BCUT2D eigenvalue weighted by atomic mass is 32.1. The lowest BCUT2D eigenvalue weighted by atomic mass is 9.98. The Morgan fingerprint density at radius 3 is 2.37 bits per heavy atom. The van der Waals surface area contributed by atoms with Gasteiger partial charge >= 0.3 is 0 Å². The fourth-order valence-electron chi connectivity index (χ4n) is 5.39. The van der Waals surface area contributed by atoms with Crippen molar-refractivity contribution in [2.24, 2.45) is 0 Å². The first-order valence-electron chi connectivity index (χ1n) is 14.8. The van der Waals surface area contributed by atoms with Gasteiger partial charge in [-0.25, -0.2) is 0 Å². The predicted octanol–water partition coefficient (Wildman–Crippen LogP) is 10.4. The number of anilines is 1. The molecule has 0 aliphatic heterocycles. The van der Waals surface area contributed by atoms with Crippen LogP contribution in [0.4, 0.5) is 11.4 Å². The van der Waals surface area contributed by atoms with Gasteiger partial charge in [-0.2, -0.15) is 0 Å². The third kappa shape index (κ3) is 7.60. The molecule has 2 heterocycles. The molecule has 2 aromatic heterocycles. The molecule has 5 nitrogen and oxygen atoms in total. The molecule has 0 atom stereocenters. The third-order valence-corrected chi connectivity index (χ3v) is 10.1. The van der Waals surface area contributed by atoms with Crippen LogP contribution in [-0.2, 0) is 0 Å². The van der Waals surface area contributed by atoms with Crippen molar-refractivity contribution in [1.29, 1.82) is 0 Å². The van der Waals surface area contributed by atoms with Crippen molar-refractivity contribution in [3.63, 3.8) is 0 Å². The molecule has 0 saturated heterocycles. The summed E-state index contributed by atoms with van der Waals surface area (Å²) in [7, 11) is 2.19. The molecule has 5 aromatic rings. The summed E-state index contributed by atoms with van der Waals surface area (Å²) in [5.74, 6) is 0. The van der Waals surface area contributed by atoms with Gasteiger partial charge in [-0.05, 0) is 85.4 Å². The topological polar surface area (TPSA) is 66.6 Å². The smallest absolute Gasteiger partial charge is 0.269 e. The van der Waals surface area contributed by atoms with Gasteiger partial charge in [0.05, 0.1) is 4.92 Å². The molecule has 1 N–H and O–H groups in total. The minimum Gasteiger partial charge on any atom is -0.396 e. The zero-order valence-electron chi connectivity index (χ0n) is 25.0. The van der Waals surface area contributed by atoms with Gasteiger partial charge in [-0.3, -0.25) is 10.1 Å². The van der Waals surface area contributed by atoms with E-state index in [-0.39, 0.29) is 17.2 Å². The van der Waals surface area contributed by atoms with E-state index in [4.69, 9.17) is 5.11 Å². The summed E-state index contributed by atoms with van der Waals surface area (Å²) >= 11 is 3.58. The molecule has 0 aliphatic carbocycles. The van der Waals surface area contributed by atoms with Gasteiger partial charge in [0.25, 0.3) is 5.69 Å². The summed E-state index contributed by atoms with van der Waals surface area (Å²) in [4.78, 5) is 15.5. The Hall–Kier alpha value is -3.78. The second-order valence-corrected chi connectivity index (χ2v) is 13.3. The highest BCUT2D eigenvalue weighted by molar-refractivity contribution is 7.29. The average Bonchev–Trinajstić information content (AvgIpc) is 3.57. The lowest BCUT2D eigenvalue weighted by Crippen LogP contribution is -2.19. The van der Waals surface area contributed by atoms with Crippen molar-refractivity contribution in [3.05, 3.63) is 104 Å². The van der Waals surface area contributed by atoms with E-state index in [1.807, 2.05) is 30.4 Å².